The fourth-order valence-electron chi connectivity index (χ4n) is 3.72. The quantitative estimate of drug-likeness (QED) is 0.449. The van der Waals surface area contributed by atoms with E-state index in [2.05, 4.69) is 24.7 Å². The second kappa shape index (κ2) is 8.58. The van der Waals surface area contributed by atoms with Crippen molar-refractivity contribution in [3.63, 3.8) is 0 Å². The van der Waals surface area contributed by atoms with E-state index in [4.69, 9.17) is 0 Å². The maximum Gasteiger partial charge on any atom is 0.281 e. The van der Waals surface area contributed by atoms with Gasteiger partial charge in [0.25, 0.3) is 12.3 Å². The van der Waals surface area contributed by atoms with E-state index in [0.29, 0.717) is 17.2 Å². The van der Waals surface area contributed by atoms with Gasteiger partial charge < -0.3 is 4.90 Å². The zero-order valence-electron chi connectivity index (χ0n) is 16.8. The predicted octanol–water partition coefficient (Wildman–Crippen LogP) is 3.70. The summed E-state index contributed by atoms with van der Waals surface area (Å²) in [6, 6.07) is 1.66. The maximum absolute atomic E-state index is 14.7. The van der Waals surface area contributed by atoms with Gasteiger partial charge in [-0.05, 0) is 12.3 Å². The lowest BCUT2D eigenvalue weighted by Gasteiger charge is -2.43. The average molecular weight is 455 g/mol. The van der Waals surface area contributed by atoms with Crippen LogP contribution in [0.25, 0.3) is 17.2 Å². The van der Waals surface area contributed by atoms with Crippen molar-refractivity contribution in [1.29, 1.82) is 0 Å². The van der Waals surface area contributed by atoms with E-state index in [-0.39, 0.29) is 31.2 Å². The number of aromatic nitrogens is 5. The number of halogens is 4. The standard InChI is InChI=1S/C19H21F4N7S/c1-11-8-29(9-12(5-27-31-2)19(11,22)23)15-3-4-24-18(28-15)14-6-26-16-7-25-13(17(20)21)10-30(14)16/h3-4,6-7,10-12,17,27H,5,8-9H2,1-2H3/t11-,12+/m0/s1. The Kier molecular flexibility index (Phi) is 6.02. The van der Waals surface area contributed by atoms with Gasteiger partial charge in [0.2, 0.25) is 0 Å². The van der Waals surface area contributed by atoms with Gasteiger partial charge in [0, 0.05) is 37.9 Å². The Bertz CT molecular complexity index is 1060. The zero-order valence-corrected chi connectivity index (χ0v) is 17.7. The molecule has 0 bridgehead atoms. The van der Waals surface area contributed by atoms with Crippen LogP contribution in [0.2, 0.25) is 0 Å². The van der Waals surface area contributed by atoms with Gasteiger partial charge in [0.05, 0.1) is 18.3 Å². The zero-order chi connectivity index (χ0) is 22.2. The lowest BCUT2D eigenvalue weighted by molar-refractivity contribution is -0.108. The van der Waals surface area contributed by atoms with Crippen molar-refractivity contribution in [1.82, 2.24) is 29.1 Å². The van der Waals surface area contributed by atoms with E-state index in [1.165, 1.54) is 48.1 Å². The van der Waals surface area contributed by atoms with Crippen LogP contribution in [-0.2, 0) is 0 Å². The fraction of sp³-hybridized carbons (Fsp3) is 0.474. The molecule has 1 aliphatic rings. The lowest BCUT2D eigenvalue weighted by Crippen LogP contribution is -2.55. The summed E-state index contributed by atoms with van der Waals surface area (Å²) in [6.45, 7) is 1.98. The molecule has 0 amide bonds. The van der Waals surface area contributed by atoms with Crippen molar-refractivity contribution >= 4 is 23.4 Å². The number of anilines is 1. The molecule has 3 aromatic heterocycles. The summed E-state index contributed by atoms with van der Waals surface area (Å²) < 4.78 is 59.8. The summed E-state index contributed by atoms with van der Waals surface area (Å²) >= 11 is 1.30. The van der Waals surface area contributed by atoms with Crippen LogP contribution in [0, 0.1) is 11.8 Å². The highest BCUT2D eigenvalue weighted by atomic mass is 32.2. The lowest BCUT2D eigenvalue weighted by atomic mass is 9.86. The highest BCUT2D eigenvalue weighted by Gasteiger charge is 2.49. The Labute approximate surface area is 180 Å². The van der Waals surface area contributed by atoms with Crippen LogP contribution in [0.15, 0.2) is 30.9 Å². The minimum Gasteiger partial charge on any atom is -0.355 e. The molecule has 0 unspecified atom stereocenters. The van der Waals surface area contributed by atoms with E-state index in [1.54, 1.807) is 12.3 Å². The van der Waals surface area contributed by atoms with E-state index in [0.717, 1.165) is 0 Å². The van der Waals surface area contributed by atoms with Crippen molar-refractivity contribution in [3.05, 3.63) is 36.5 Å². The summed E-state index contributed by atoms with van der Waals surface area (Å²) in [5.74, 6) is -3.77. The molecule has 1 N–H and O–H groups in total. The minimum atomic E-state index is -2.80. The number of nitrogens with one attached hydrogen (secondary N) is 1. The van der Waals surface area contributed by atoms with Gasteiger partial charge in [-0.25, -0.2) is 37.5 Å². The van der Waals surface area contributed by atoms with Gasteiger partial charge in [-0.15, -0.1) is 0 Å². The summed E-state index contributed by atoms with van der Waals surface area (Å²) in [6.07, 6.45) is 4.53. The predicted molar refractivity (Wildman–Crippen MR) is 110 cm³/mol. The summed E-state index contributed by atoms with van der Waals surface area (Å²) in [7, 11) is 0. The van der Waals surface area contributed by atoms with Crippen LogP contribution in [0.4, 0.5) is 23.4 Å². The van der Waals surface area contributed by atoms with Gasteiger partial charge in [-0.1, -0.05) is 18.9 Å². The molecular formula is C19H21F4N7S. The molecule has 0 aliphatic carbocycles. The highest BCUT2D eigenvalue weighted by Crippen LogP contribution is 2.39. The van der Waals surface area contributed by atoms with Crippen molar-refractivity contribution in [2.24, 2.45) is 11.8 Å². The molecule has 0 aromatic carbocycles. The molecule has 31 heavy (non-hydrogen) atoms. The highest BCUT2D eigenvalue weighted by molar-refractivity contribution is 7.96. The van der Waals surface area contributed by atoms with E-state index < -0.39 is 24.2 Å². The number of fused-ring (bicyclic) bond motifs is 1. The SMILES string of the molecule is CSNC[C@@H]1CN(c2ccnc(-c3cnc4cnc(C(F)F)cn34)n2)C[C@H](C)C1(F)F. The smallest absolute Gasteiger partial charge is 0.281 e. The van der Waals surface area contributed by atoms with Gasteiger partial charge in [0.15, 0.2) is 11.5 Å². The molecule has 0 radical (unpaired) electrons. The molecule has 1 saturated heterocycles. The van der Waals surface area contributed by atoms with Crippen molar-refractivity contribution in [2.75, 3.05) is 30.8 Å². The molecule has 2 atom stereocenters. The third-order valence-electron chi connectivity index (χ3n) is 5.44. The van der Waals surface area contributed by atoms with E-state index in [1.807, 2.05) is 4.90 Å². The molecular weight excluding hydrogens is 434 g/mol. The van der Waals surface area contributed by atoms with Crippen LogP contribution < -0.4 is 9.62 Å². The molecule has 0 spiro atoms. The van der Waals surface area contributed by atoms with Crippen LogP contribution in [0.1, 0.15) is 19.0 Å². The number of alkyl halides is 4. The Morgan fingerprint density at radius 3 is 2.77 bits per heavy atom. The van der Waals surface area contributed by atoms with Crippen LogP contribution >= 0.6 is 11.9 Å². The number of piperidine rings is 1. The third-order valence-corrected chi connectivity index (χ3v) is 5.90. The Hall–Kier alpha value is -2.47. The average Bonchev–Trinajstić information content (AvgIpc) is 3.18. The normalized spacial score (nSPS) is 21.2. The van der Waals surface area contributed by atoms with Gasteiger partial charge in [-0.3, -0.25) is 9.12 Å². The van der Waals surface area contributed by atoms with Crippen molar-refractivity contribution in [3.8, 4) is 11.5 Å². The molecule has 12 heteroatoms. The molecule has 7 nitrogen and oxygen atoms in total. The first-order valence-electron chi connectivity index (χ1n) is 9.64. The first kappa shape index (κ1) is 21.8. The van der Waals surface area contributed by atoms with Crippen LogP contribution in [0.5, 0.6) is 0 Å². The Morgan fingerprint density at radius 2 is 2.03 bits per heavy atom. The van der Waals surface area contributed by atoms with Crippen LogP contribution in [-0.4, -0.2) is 56.1 Å². The van der Waals surface area contributed by atoms with Crippen molar-refractivity contribution < 1.29 is 17.6 Å². The molecule has 0 saturated carbocycles. The summed E-state index contributed by atoms with van der Waals surface area (Å²) in [5, 5.41) is 0. The summed E-state index contributed by atoms with van der Waals surface area (Å²) in [4.78, 5) is 18.5. The molecule has 1 fully saturated rings. The topological polar surface area (TPSA) is 71.2 Å². The second-order valence-corrected chi connectivity index (χ2v) is 8.15. The number of hydrogen-bond acceptors (Lipinski definition) is 7. The second-order valence-electron chi connectivity index (χ2n) is 7.45. The monoisotopic (exact) mass is 455 g/mol. The van der Waals surface area contributed by atoms with Crippen molar-refractivity contribution in [2.45, 2.75) is 19.3 Å². The van der Waals surface area contributed by atoms with Gasteiger partial charge in [-0.2, -0.15) is 0 Å². The Balaban J connectivity index is 1.66. The van der Waals surface area contributed by atoms with E-state index >= 15 is 0 Å². The van der Waals surface area contributed by atoms with Gasteiger partial charge >= 0.3 is 0 Å². The first-order chi connectivity index (χ1) is 14.8. The van der Waals surface area contributed by atoms with Gasteiger partial charge in [0.1, 0.15) is 17.2 Å². The number of hydrogen-bond donors (Lipinski definition) is 1. The molecule has 166 valence electrons. The maximum atomic E-state index is 14.7. The number of nitrogens with zero attached hydrogens (tertiary/aromatic N) is 6. The Morgan fingerprint density at radius 1 is 1.23 bits per heavy atom. The number of imidazole rings is 1. The molecule has 3 aromatic rings. The third kappa shape index (κ3) is 4.18. The molecule has 4 rings (SSSR count). The fourth-order valence-corrected chi connectivity index (χ4v) is 4.09. The molecule has 1 aliphatic heterocycles. The first-order valence-corrected chi connectivity index (χ1v) is 10.9. The largest absolute Gasteiger partial charge is 0.355 e. The van der Waals surface area contributed by atoms with Crippen LogP contribution in [0.3, 0.4) is 0 Å². The van der Waals surface area contributed by atoms with E-state index in [9.17, 15) is 17.6 Å². The minimum absolute atomic E-state index is 0.133. The number of rotatable bonds is 6. The molecule has 4 heterocycles. The summed E-state index contributed by atoms with van der Waals surface area (Å²) in [5.41, 5.74) is 0.402.